The standard InChI is InChI=1S/C12H17ClN4O2/c1-8(18)14-4-5-15-11-10(13)6-16-17(12(11)19)7-9-2-3-9/h6,9,15H,2-5,7H2,1H3,(H,14,18). The Balaban J connectivity index is 2.01. The molecule has 2 N–H and O–H groups in total. The van der Waals surface area contributed by atoms with Crippen molar-refractivity contribution in [3.8, 4) is 0 Å². The molecule has 1 aromatic heterocycles. The van der Waals surface area contributed by atoms with Crippen LogP contribution in [0.1, 0.15) is 19.8 Å². The molecule has 1 saturated carbocycles. The van der Waals surface area contributed by atoms with Crippen molar-refractivity contribution in [1.82, 2.24) is 15.1 Å². The zero-order valence-corrected chi connectivity index (χ0v) is 11.5. The summed E-state index contributed by atoms with van der Waals surface area (Å²) in [6.07, 6.45) is 3.79. The third-order valence-electron chi connectivity index (χ3n) is 2.93. The average Bonchev–Trinajstić information content (AvgIpc) is 3.15. The zero-order valence-electron chi connectivity index (χ0n) is 10.8. The van der Waals surface area contributed by atoms with E-state index >= 15 is 0 Å². The molecule has 1 aliphatic rings. The van der Waals surface area contributed by atoms with Crippen LogP contribution in [0.4, 0.5) is 5.69 Å². The van der Waals surface area contributed by atoms with Crippen LogP contribution in [0.5, 0.6) is 0 Å². The molecule has 2 rings (SSSR count). The molecule has 0 aromatic carbocycles. The molecule has 0 spiro atoms. The van der Waals surface area contributed by atoms with Crippen molar-refractivity contribution >= 4 is 23.2 Å². The third kappa shape index (κ3) is 3.96. The first kappa shape index (κ1) is 13.9. The van der Waals surface area contributed by atoms with Crippen LogP contribution < -0.4 is 16.2 Å². The van der Waals surface area contributed by atoms with E-state index in [1.807, 2.05) is 0 Å². The quantitative estimate of drug-likeness (QED) is 0.760. The van der Waals surface area contributed by atoms with Crippen molar-refractivity contribution in [2.45, 2.75) is 26.3 Å². The van der Waals surface area contributed by atoms with E-state index in [2.05, 4.69) is 15.7 Å². The molecule has 1 aliphatic carbocycles. The van der Waals surface area contributed by atoms with Gasteiger partial charge in [0.25, 0.3) is 5.56 Å². The van der Waals surface area contributed by atoms with Crippen LogP contribution in [0.15, 0.2) is 11.0 Å². The molecular weight excluding hydrogens is 268 g/mol. The van der Waals surface area contributed by atoms with Crippen LogP contribution in [-0.4, -0.2) is 28.8 Å². The number of nitrogens with one attached hydrogen (secondary N) is 2. The van der Waals surface area contributed by atoms with Crippen LogP contribution in [0.25, 0.3) is 0 Å². The lowest BCUT2D eigenvalue weighted by molar-refractivity contribution is -0.118. The number of anilines is 1. The fourth-order valence-corrected chi connectivity index (χ4v) is 1.92. The number of nitrogens with zero attached hydrogens (tertiary/aromatic N) is 2. The second-order valence-electron chi connectivity index (χ2n) is 4.71. The van der Waals surface area contributed by atoms with E-state index in [0.29, 0.717) is 36.3 Å². The maximum absolute atomic E-state index is 12.1. The van der Waals surface area contributed by atoms with Gasteiger partial charge in [-0.15, -0.1) is 0 Å². The van der Waals surface area contributed by atoms with E-state index in [1.165, 1.54) is 17.8 Å². The Bertz CT molecular complexity index is 525. The van der Waals surface area contributed by atoms with Gasteiger partial charge in [0.2, 0.25) is 5.91 Å². The fourth-order valence-electron chi connectivity index (χ4n) is 1.73. The molecule has 0 saturated heterocycles. The first-order chi connectivity index (χ1) is 9.08. The predicted molar refractivity (Wildman–Crippen MR) is 73.4 cm³/mol. The van der Waals surface area contributed by atoms with Crippen LogP contribution in [-0.2, 0) is 11.3 Å². The number of rotatable bonds is 6. The van der Waals surface area contributed by atoms with E-state index in [0.717, 1.165) is 12.8 Å². The minimum absolute atomic E-state index is 0.103. The van der Waals surface area contributed by atoms with Crippen molar-refractivity contribution in [3.63, 3.8) is 0 Å². The van der Waals surface area contributed by atoms with Crippen LogP contribution >= 0.6 is 11.6 Å². The number of hydrogen-bond acceptors (Lipinski definition) is 4. The number of aromatic nitrogens is 2. The Labute approximate surface area is 116 Å². The Morgan fingerprint density at radius 3 is 2.89 bits per heavy atom. The van der Waals surface area contributed by atoms with Crippen molar-refractivity contribution < 1.29 is 4.79 Å². The summed E-state index contributed by atoms with van der Waals surface area (Å²) in [5.41, 5.74) is 0.143. The first-order valence-electron chi connectivity index (χ1n) is 6.32. The molecule has 7 heteroatoms. The summed E-state index contributed by atoms with van der Waals surface area (Å²) in [5.74, 6) is 0.465. The molecule has 0 aliphatic heterocycles. The number of carbonyl (C=O) groups is 1. The average molecular weight is 285 g/mol. The molecule has 1 amide bonds. The van der Waals surface area contributed by atoms with Crippen LogP contribution in [0, 0.1) is 5.92 Å². The molecule has 19 heavy (non-hydrogen) atoms. The first-order valence-corrected chi connectivity index (χ1v) is 6.69. The van der Waals surface area contributed by atoms with E-state index in [-0.39, 0.29) is 11.5 Å². The van der Waals surface area contributed by atoms with Gasteiger partial charge >= 0.3 is 0 Å². The van der Waals surface area contributed by atoms with Gasteiger partial charge in [-0.1, -0.05) is 11.6 Å². The minimum Gasteiger partial charge on any atom is -0.377 e. The molecule has 0 atom stereocenters. The summed E-state index contributed by atoms with van der Waals surface area (Å²) in [6, 6.07) is 0. The highest BCUT2D eigenvalue weighted by atomic mass is 35.5. The highest BCUT2D eigenvalue weighted by molar-refractivity contribution is 6.32. The SMILES string of the molecule is CC(=O)NCCNc1c(Cl)cnn(CC2CC2)c1=O. The van der Waals surface area contributed by atoms with Crippen LogP contribution in [0.3, 0.4) is 0 Å². The van der Waals surface area contributed by atoms with Gasteiger partial charge in [0, 0.05) is 26.6 Å². The van der Waals surface area contributed by atoms with Crippen molar-refractivity contribution in [1.29, 1.82) is 0 Å². The topological polar surface area (TPSA) is 76.0 Å². The maximum atomic E-state index is 12.1. The van der Waals surface area contributed by atoms with Gasteiger partial charge in [-0.05, 0) is 18.8 Å². The number of hydrogen-bond donors (Lipinski definition) is 2. The number of amides is 1. The third-order valence-corrected chi connectivity index (χ3v) is 3.21. The van der Waals surface area contributed by atoms with Gasteiger partial charge in [0.1, 0.15) is 5.69 Å². The Morgan fingerprint density at radius 2 is 2.26 bits per heavy atom. The van der Waals surface area contributed by atoms with Gasteiger partial charge in [-0.3, -0.25) is 9.59 Å². The molecule has 104 valence electrons. The normalized spacial score (nSPS) is 14.2. The molecule has 1 fully saturated rings. The van der Waals surface area contributed by atoms with Gasteiger partial charge in [0.05, 0.1) is 11.2 Å². The highest BCUT2D eigenvalue weighted by Crippen LogP contribution is 2.30. The summed E-state index contributed by atoms with van der Waals surface area (Å²) in [5, 5.41) is 9.94. The summed E-state index contributed by atoms with van der Waals surface area (Å²) >= 11 is 5.97. The molecule has 0 bridgehead atoms. The largest absolute Gasteiger partial charge is 0.377 e. The molecule has 0 unspecified atom stereocenters. The second kappa shape index (κ2) is 6.06. The summed E-state index contributed by atoms with van der Waals surface area (Å²) in [4.78, 5) is 22.9. The fraction of sp³-hybridized carbons (Fsp3) is 0.583. The molecule has 0 radical (unpaired) electrons. The van der Waals surface area contributed by atoms with Crippen molar-refractivity contribution in [3.05, 3.63) is 21.6 Å². The van der Waals surface area contributed by atoms with Crippen molar-refractivity contribution in [2.75, 3.05) is 18.4 Å². The Morgan fingerprint density at radius 1 is 1.53 bits per heavy atom. The summed E-state index contributed by atoms with van der Waals surface area (Å²) in [6.45, 7) is 2.98. The van der Waals surface area contributed by atoms with Gasteiger partial charge in [0.15, 0.2) is 0 Å². The smallest absolute Gasteiger partial charge is 0.291 e. The lowest BCUT2D eigenvalue weighted by Gasteiger charge is -2.10. The Kier molecular flexibility index (Phi) is 4.42. The molecule has 6 nitrogen and oxygen atoms in total. The molecule has 1 aromatic rings. The number of carbonyl (C=O) groups excluding carboxylic acids is 1. The van der Waals surface area contributed by atoms with Gasteiger partial charge < -0.3 is 10.6 Å². The summed E-state index contributed by atoms with van der Waals surface area (Å²) < 4.78 is 1.45. The predicted octanol–water partition coefficient (Wildman–Crippen LogP) is 0.855. The van der Waals surface area contributed by atoms with E-state index < -0.39 is 0 Å². The summed E-state index contributed by atoms with van der Waals surface area (Å²) in [7, 11) is 0. The lowest BCUT2D eigenvalue weighted by atomic mass is 10.4. The Hall–Kier alpha value is -1.56. The van der Waals surface area contributed by atoms with Crippen LogP contribution in [0.2, 0.25) is 5.02 Å². The van der Waals surface area contributed by atoms with Crippen molar-refractivity contribution in [2.24, 2.45) is 5.92 Å². The zero-order chi connectivity index (χ0) is 13.8. The van der Waals surface area contributed by atoms with Gasteiger partial charge in [-0.25, -0.2) is 4.68 Å². The monoisotopic (exact) mass is 284 g/mol. The number of halogens is 1. The maximum Gasteiger partial charge on any atom is 0.291 e. The molecular formula is C12H17ClN4O2. The minimum atomic E-state index is -0.206. The lowest BCUT2D eigenvalue weighted by Crippen LogP contribution is -2.30. The second-order valence-corrected chi connectivity index (χ2v) is 5.12. The van der Waals surface area contributed by atoms with E-state index in [4.69, 9.17) is 11.6 Å². The molecule has 1 heterocycles. The van der Waals surface area contributed by atoms with E-state index in [9.17, 15) is 9.59 Å². The van der Waals surface area contributed by atoms with E-state index in [1.54, 1.807) is 0 Å². The highest BCUT2D eigenvalue weighted by Gasteiger charge is 2.23. The van der Waals surface area contributed by atoms with Gasteiger partial charge in [-0.2, -0.15) is 5.10 Å².